The Bertz CT molecular complexity index is 1030. The molecule has 0 bridgehead atoms. The van der Waals surface area contributed by atoms with Gasteiger partial charge in [-0.1, -0.05) is 25.1 Å². The van der Waals surface area contributed by atoms with E-state index in [1.807, 2.05) is 55.5 Å². The summed E-state index contributed by atoms with van der Waals surface area (Å²) in [6.45, 7) is 9.21. The van der Waals surface area contributed by atoms with E-state index >= 15 is 0 Å². The summed E-state index contributed by atoms with van der Waals surface area (Å²) in [4.78, 5) is 33.3. The lowest BCUT2D eigenvalue weighted by Gasteiger charge is -2.35. The number of para-hydroxylation sites is 1. The number of anilines is 2. The SMILES string of the molecule is CCN1CCN(c2ccc(NC(=O)C(=O)c3c(C)[nH]c4ccccc34)cc2)CC1. The number of nitrogens with one attached hydrogen (secondary N) is 2. The van der Waals surface area contributed by atoms with Crippen molar-refractivity contribution < 1.29 is 9.59 Å². The number of piperazine rings is 1. The van der Waals surface area contributed by atoms with Gasteiger partial charge < -0.3 is 20.1 Å². The number of aromatic nitrogens is 1. The van der Waals surface area contributed by atoms with Crippen LogP contribution in [0.2, 0.25) is 0 Å². The molecule has 0 radical (unpaired) electrons. The van der Waals surface area contributed by atoms with E-state index in [9.17, 15) is 9.59 Å². The maximum atomic E-state index is 12.8. The van der Waals surface area contributed by atoms with Crippen molar-refractivity contribution >= 4 is 34.0 Å². The molecule has 150 valence electrons. The lowest BCUT2D eigenvalue weighted by atomic mass is 10.1. The molecule has 1 amide bonds. The molecular formula is C23H26N4O2. The standard InChI is InChI=1S/C23H26N4O2/c1-3-26-12-14-27(15-13-26)18-10-8-17(9-11-18)25-23(29)22(28)21-16(2)24-20-7-5-4-6-19(20)21/h4-11,24H,3,12-15H2,1-2H3,(H,25,29). The van der Waals surface area contributed by atoms with Crippen LogP contribution in [0.15, 0.2) is 48.5 Å². The first-order valence-electron chi connectivity index (χ1n) is 10.1. The Morgan fingerprint density at radius 2 is 1.69 bits per heavy atom. The molecule has 1 aliphatic heterocycles. The monoisotopic (exact) mass is 390 g/mol. The number of rotatable bonds is 5. The smallest absolute Gasteiger partial charge is 0.296 e. The summed E-state index contributed by atoms with van der Waals surface area (Å²) in [6.07, 6.45) is 0. The van der Waals surface area contributed by atoms with Crippen LogP contribution in [0.1, 0.15) is 23.0 Å². The Labute approximate surface area is 170 Å². The number of carbonyl (C=O) groups is 2. The van der Waals surface area contributed by atoms with Crippen molar-refractivity contribution in [1.29, 1.82) is 0 Å². The largest absolute Gasteiger partial charge is 0.369 e. The molecule has 2 N–H and O–H groups in total. The fourth-order valence-electron chi connectivity index (χ4n) is 3.95. The Kier molecular flexibility index (Phi) is 5.36. The van der Waals surface area contributed by atoms with Crippen LogP contribution >= 0.6 is 0 Å². The number of likely N-dealkylation sites (N-methyl/N-ethyl adjacent to an activating group) is 1. The second kappa shape index (κ2) is 8.09. The molecular weight excluding hydrogens is 364 g/mol. The summed E-state index contributed by atoms with van der Waals surface area (Å²) in [5, 5.41) is 3.51. The van der Waals surface area contributed by atoms with Gasteiger partial charge in [0.2, 0.25) is 0 Å². The number of ketones is 1. The molecule has 6 heteroatoms. The van der Waals surface area contributed by atoms with Gasteiger partial charge in [-0.3, -0.25) is 9.59 Å². The second-order valence-corrected chi connectivity index (χ2v) is 7.42. The minimum absolute atomic E-state index is 0.434. The minimum Gasteiger partial charge on any atom is -0.369 e. The number of Topliss-reactive ketones (excluding diaryl/α,β-unsaturated/α-hetero) is 1. The molecule has 3 aromatic rings. The molecule has 4 rings (SSSR count). The van der Waals surface area contributed by atoms with Crippen molar-refractivity contribution in [2.24, 2.45) is 0 Å². The van der Waals surface area contributed by atoms with Crippen LogP contribution in [-0.2, 0) is 4.79 Å². The highest BCUT2D eigenvalue weighted by Crippen LogP contribution is 2.23. The van der Waals surface area contributed by atoms with Crippen molar-refractivity contribution in [2.45, 2.75) is 13.8 Å². The number of benzene rings is 2. The van der Waals surface area contributed by atoms with Crippen molar-refractivity contribution in [3.63, 3.8) is 0 Å². The zero-order valence-corrected chi connectivity index (χ0v) is 16.9. The molecule has 0 spiro atoms. The van der Waals surface area contributed by atoms with E-state index in [1.54, 1.807) is 0 Å². The van der Waals surface area contributed by atoms with E-state index in [0.29, 0.717) is 16.9 Å². The normalized spacial score (nSPS) is 14.9. The molecule has 1 aromatic heterocycles. The first-order chi connectivity index (χ1) is 14.1. The van der Waals surface area contributed by atoms with Crippen LogP contribution in [-0.4, -0.2) is 54.3 Å². The quantitative estimate of drug-likeness (QED) is 0.517. The summed E-state index contributed by atoms with van der Waals surface area (Å²) in [5.74, 6) is -1.15. The molecule has 29 heavy (non-hydrogen) atoms. The van der Waals surface area contributed by atoms with Gasteiger partial charge in [0.1, 0.15) is 0 Å². The van der Waals surface area contributed by atoms with E-state index in [-0.39, 0.29) is 0 Å². The third-order valence-corrected chi connectivity index (χ3v) is 5.64. The fraction of sp³-hybridized carbons (Fsp3) is 0.304. The van der Waals surface area contributed by atoms with Gasteiger partial charge in [0.15, 0.2) is 0 Å². The van der Waals surface area contributed by atoms with Crippen molar-refractivity contribution in [3.8, 4) is 0 Å². The van der Waals surface area contributed by atoms with Crippen LogP contribution in [0.25, 0.3) is 10.9 Å². The molecule has 0 saturated carbocycles. The van der Waals surface area contributed by atoms with Gasteiger partial charge in [-0.15, -0.1) is 0 Å². The third kappa shape index (κ3) is 3.89. The zero-order valence-electron chi connectivity index (χ0n) is 16.9. The highest BCUT2D eigenvalue weighted by Gasteiger charge is 2.23. The topological polar surface area (TPSA) is 68.4 Å². The lowest BCUT2D eigenvalue weighted by Crippen LogP contribution is -2.46. The summed E-state index contributed by atoms with van der Waals surface area (Å²) < 4.78 is 0. The zero-order chi connectivity index (χ0) is 20.4. The van der Waals surface area contributed by atoms with Crippen molar-refractivity contribution in [2.75, 3.05) is 42.9 Å². The third-order valence-electron chi connectivity index (χ3n) is 5.64. The van der Waals surface area contributed by atoms with Crippen LogP contribution in [0, 0.1) is 6.92 Å². The molecule has 2 heterocycles. The van der Waals surface area contributed by atoms with Gasteiger partial charge >= 0.3 is 0 Å². The van der Waals surface area contributed by atoms with Gasteiger partial charge in [0.05, 0.1) is 5.56 Å². The molecule has 0 aliphatic carbocycles. The number of nitrogens with zero attached hydrogens (tertiary/aromatic N) is 2. The predicted molar refractivity (Wildman–Crippen MR) is 117 cm³/mol. The van der Waals surface area contributed by atoms with Gasteiger partial charge in [-0.2, -0.15) is 0 Å². The fourth-order valence-corrected chi connectivity index (χ4v) is 3.95. The molecule has 1 saturated heterocycles. The van der Waals surface area contributed by atoms with E-state index < -0.39 is 11.7 Å². The van der Waals surface area contributed by atoms with E-state index in [0.717, 1.165) is 49.3 Å². The average molecular weight is 390 g/mol. The highest BCUT2D eigenvalue weighted by atomic mass is 16.2. The molecule has 1 fully saturated rings. The van der Waals surface area contributed by atoms with E-state index in [4.69, 9.17) is 0 Å². The van der Waals surface area contributed by atoms with Gasteiger partial charge in [-0.05, 0) is 43.8 Å². The average Bonchev–Trinajstić information content (AvgIpc) is 3.09. The van der Waals surface area contributed by atoms with Gasteiger partial charge in [0.25, 0.3) is 11.7 Å². The number of aryl methyl sites for hydroxylation is 1. The minimum atomic E-state index is -0.623. The number of hydrogen-bond acceptors (Lipinski definition) is 4. The maximum absolute atomic E-state index is 12.8. The molecule has 1 aliphatic rings. The number of hydrogen-bond donors (Lipinski definition) is 2. The number of carbonyl (C=O) groups excluding carboxylic acids is 2. The van der Waals surface area contributed by atoms with Crippen LogP contribution in [0.4, 0.5) is 11.4 Å². The molecule has 2 aromatic carbocycles. The number of fused-ring (bicyclic) bond motifs is 1. The predicted octanol–water partition coefficient (Wildman–Crippen LogP) is 3.44. The Hall–Kier alpha value is -3.12. The van der Waals surface area contributed by atoms with Gasteiger partial charge in [0, 0.05) is 54.2 Å². The highest BCUT2D eigenvalue weighted by molar-refractivity contribution is 6.48. The Morgan fingerprint density at radius 1 is 1.00 bits per heavy atom. The maximum Gasteiger partial charge on any atom is 0.296 e. The van der Waals surface area contributed by atoms with Crippen LogP contribution in [0.3, 0.4) is 0 Å². The Balaban J connectivity index is 1.44. The first-order valence-corrected chi connectivity index (χ1v) is 10.1. The summed E-state index contributed by atoms with van der Waals surface area (Å²) in [7, 11) is 0. The van der Waals surface area contributed by atoms with Crippen molar-refractivity contribution in [3.05, 3.63) is 59.8 Å². The van der Waals surface area contributed by atoms with Crippen LogP contribution < -0.4 is 10.2 Å². The van der Waals surface area contributed by atoms with Crippen LogP contribution in [0.5, 0.6) is 0 Å². The number of aromatic amines is 1. The van der Waals surface area contributed by atoms with Crippen molar-refractivity contribution in [1.82, 2.24) is 9.88 Å². The lowest BCUT2D eigenvalue weighted by molar-refractivity contribution is -0.112. The first kappa shape index (κ1) is 19.2. The Morgan fingerprint density at radius 3 is 2.38 bits per heavy atom. The van der Waals surface area contributed by atoms with Gasteiger partial charge in [-0.25, -0.2) is 0 Å². The summed E-state index contributed by atoms with van der Waals surface area (Å²) in [6, 6.07) is 15.2. The molecule has 0 atom stereocenters. The van der Waals surface area contributed by atoms with E-state index in [1.165, 1.54) is 0 Å². The number of H-pyrrole nitrogens is 1. The summed E-state index contributed by atoms with van der Waals surface area (Å²) >= 11 is 0. The van der Waals surface area contributed by atoms with E-state index in [2.05, 4.69) is 27.0 Å². The molecule has 6 nitrogen and oxygen atoms in total. The number of amides is 1. The summed E-state index contributed by atoms with van der Waals surface area (Å²) in [5.41, 5.74) is 3.75. The molecule has 0 unspecified atom stereocenters. The second-order valence-electron chi connectivity index (χ2n) is 7.42.